The van der Waals surface area contributed by atoms with Crippen LogP contribution < -0.4 is 10.2 Å². The monoisotopic (exact) mass is 274 g/mol. The van der Waals surface area contributed by atoms with Crippen molar-refractivity contribution in [3.8, 4) is 5.75 Å². The summed E-state index contributed by atoms with van der Waals surface area (Å²) in [6, 6.07) is 6.27. The van der Waals surface area contributed by atoms with Gasteiger partial charge in [0.05, 0.1) is 17.3 Å². The van der Waals surface area contributed by atoms with Gasteiger partial charge in [-0.1, -0.05) is 12.1 Å². The van der Waals surface area contributed by atoms with E-state index in [1.807, 2.05) is 6.07 Å². The first-order valence-corrected chi connectivity index (χ1v) is 7.44. The van der Waals surface area contributed by atoms with E-state index in [9.17, 15) is 0 Å². The van der Waals surface area contributed by atoms with E-state index < -0.39 is 0 Å². The van der Waals surface area contributed by atoms with Crippen molar-refractivity contribution in [1.29, 1.82) is 0 Å². The first-order chi connectivity index (χ1) is 9.28. The molecule has 4 heteroatoms. The SMILES string of the molecule is CC1CCc2cc(B3OC(C)(C)C(C)(C)O3)ccc2O1. The first kappa shape index (κ1) is 14.0. The van der Waals surface area contributed by atoms with Crippen molar-refractivity contribution in [2.75, 3.05) is 0 Å². The normalized spacial score (nSPS) is 27.1. The highest BCUT2D eigenvalue weighted by atomic mass is 16.7. The molecule has 1 fully saturated rings. The van der Waals surface area contributed by atoms with E-state index in [0.29, 0.717) is 6.10 Å². The molecule has 1 saturated heterocycles. The summed E-state index contributed by atoms with van der Waals surface area (Å²) < 4.78 is 18.0. The Kier molecular flexibility index (Phi) is 3.14. The molecule has 1 unspecified atom stereocenters. The van der Waals surface area contributed by atoms with Gasteiger partial charge < -0.3 is 14.0 Å². The second kappa shape index (κ2) is 4.50. The van der Waals surface area contributed by atoms with E-state index in [1.54, 1.807) is 0 Å². The third kappa shape index (κ3) is 2.25. The lowest BCUT2D eigenvalue weighted by Gasteiger charge is -2.32. The molecule has 0 spiro atoms. The fraction of sp³-hybridized carbons (Fsp3) is 0.625. The number of aryl methyl sites for hydroxylation is 1. The molecule has 0 radical (unpaired) electrons. The summed E-state index contributed by atoms with van der Waals surface area (Å²) in [5, 5.41) is 0. The minimum absolute atomic E-state index is 0.287. The van der Waals surface area contributed by atoms with Crippen LogP contribution in [0.1, 0.15) is 46.6 Å². The molecule has 3 rings (SSSR count). The molecule has 1 atom stereocenters. The predicted molar refractivity (Wildman–Crippen MR) is 80.6 cm³/mol. The van der Waals surface area contributed by atoms with Crippen molar-refractivity contribution in [2.45, 2.75) is 64.8 Å². The Labute approximate surface area is 121 Å². The molecular weight excluding hydrogens is 251 g/mol. The molecule has 2 aliphatic rings. The van der Waals surface area contributed by atoms with Crippen LogP contribution in [-0.2, 0) is 15.7 Å². The van der Waals surface area contributed by atoms with Gasteiger partial charge in [-0.15, -0.1) is 0 Å². The van der Waals surface area contributed by atoms with Gasteiger partial charge in [0.1, 0.15) is 5.75 Å². The van der Waals surface area contributed by atoms with Crippen molar-refractivity contribution in [1.82, 2.24) is 0 Å². The molecule has 0 aromatic heterocycles. The van der Waals surface area contributed by atoms with E-state index in [-0.39, 0.29) is 18.3 Å². The number of rotatable bonds is 1. The van der Waals surface area contributed by atoms with Crippen LogP contribution in [0.25, 0.3) is 0 Å². The van der Waals surface area contributed by atoms with Crippen molar-refractivity contribution in [2.24, 2.45) is 0 Å². The summed E-state index contributed by atoms with van der Waals surface area (Å²) >= 11 is 0. The van der Waals surface area contributed by atoms with Gasteiger partial charge in [0.2, 0.25) is 0 Å². The highest BCUT2D eigenvalue weighted by Gasteiger charge is 2.51. The lowest BCUT2D eigenvalue weighted by Crippen LogP contribution is -2.41. The standard InChI is InChI=1S/C16H23BO3/c1-11-6-7-12-10-13(8-9-14(12)18-11)17-19-15(2,3)16(4,5)20-17/h8-11H,6-7H2,1-5H3. The molecule has 0 bridgehead atoms. The van der Waals surface area contributed by atoms with Crippen LogP contribution in [0.4, 0.5) is 0 Å². The summed E-state index contributed by atoms with van der Waals surface area (Å²) in [7, 11) is -0.287. The summed E-state index contributed by atoms with van der Waals surface area (Å²) in [5.41, 5.74) is 1.76. The fourth-order valence-electron chi connectivity index (χ4n) is 2.67. The summed E-state index contributed by atoms with van der Waals surface area (Å²) in [4.78, 5) is 0. The fourth-order valence-corrected chi connectivity index (χ4v) is 2.67. The number of hydrogen-bond donors (Lipinski definition) is 0. The van der Waals surface area contributed by atoms with Crippen LogP contribution in [0.2, 0.25) is 0 Å². The predicted octanol–water partition coefficient (Wildman–Crippen LogP) is 2.70. The van der Waals surface area contributed by atoms with Crippen LogP contribution in [0.15, 0.2) is 18.2 Å². The average Bonchev–Trinajstić information content (AvgIpc) is 2.58. The molecule has 3 nitrogen and oxygen atoms in total. The molecule has 108 valence electrons. The number of fused-ring (bicyclic) bond motifs is 1. The maximum Gasteiger partial charge on any atom is 0.494 e. The zero-order valence-corrected chi connectivity index (χ0v) is 13.0. The molecular formula is C16H23BO3. The van der Waals surface area contributed by atoms with E-state index in [0.717, 1.165) is 24.1 Å². The van der Waals surface area contributed by atoms with E-state index in [4.69, 9.17) is 14.0 Å². The van der Waals surface area contributed by atoms with Gasteiger partial charge in [0.25, 0.3) is 0 Å². The topological polar surface area (TPSA) is 27.7 Å². The molecule has 1 aromatic rings. The number of benzene rings is 1. The van der Waals surface area contributed by atoms with Crippen LogP contribution in [0, 0.1) is 0 Å². The van der Waals surface area contributed by atoms with Crippen LogP contribution in [0.3, 0.4) is 0 Å². The lowest BCUT2D eigenvalue weighted by atomic mass is 9.77. The van der Waals surface area contributed by atoms with Gasteiger partial charge >= 0.3 is 7.12 Å². The zero-order chi connectivity index (χ0) is 14.5. The van der Waals surface area contributed by atoms with Gasteiger partial charge in [-0.05, 0) is 64.6 Å². The van der Waals surface area contributed by atoms with Crippen LogP contribution in [0.5, 0.6) is 5.75 Å². The minimum Gasteiger partial charge on any atom is -0.490 e. The third-order valence-electron chi connectivity index (χ3n) is 4.76. The Morgan fingerprint density at radius 1 is 1.10 bits per heavy atom. The largest absolute Gasteiger partial charge is 0.494 e. The van der Waals surface area contributed by atoms with Gasteiger partial charge in [-0.3, -0.25) is 0 Å². The van der Waals surface area contributed by atoms with Gasteiger partial charge in [0.15, 0.2) is 0 Å². The maximum atomic E-state index is 6.10. The summed E-state index contributed by atoms with van der Waals surface area (Å²) in [6.07, 6.45) is 2.44. The Balaban J connectivity index is 1.86. The third-order valence-corrected chi connectivity index (χ3v) is 4.76. The van der Waals surface area contributed by atoms with E-state index >= 15 is 0 Å². The number of ether oxygens (including phenoxy) is 1. The second-order valence-corrected chi connectivity index (χ2v) is 6.92. The Bertz CT molecular complexity index is 508. The molecule has 1 aromatic carbocycles. The van der Waals surface area contributed by atoms with E-state index in [1.165, 1.54) is 5.56 Å². The Morgan fingerprint density at radius 2 is 1.75 bits per heavy atom. The summed E-state index contributed by atoms with van der Waals surface area (Å²) in [5.74, 6) is 1.00. The molecule has 0 amide bonds. The van der Waals surface area contributed by atoms with Gasteiger partial charge in [0, 0.05) is 0 Å². The highest BCUT2D eigenvalue weighted by Crippen LogP contribution is 2.37. The molecule has 20 heavy (non-hydrogen) atoms. The molecule has 2 aliphatic heterocycles. The maximum absolute atomic E-state index is 6.10. The van der Waals surface area contributed by atoms with E-state index in [2.05, 4.69) is 46.8 Å². The second-order valence-electron chi connectivity index (χ2n) is 6.92. The van der Waals surface area contributed by atoms with Crippen molar-refractivity contribution >= 4 is 12.6 Å². The molecule has 0 saturated carbocycles. The zero-order valence-electron chi connectivity index (χ0n) is 13.0. The Morgan fingerprint density at radius 3 is 2.40 bits per heavy atom. The van der Waals surface area contributed by atoms with Crippen molar-refractivity contribution in [3.05, 3.63) is 23.8 Å². The quantitative estimate of drug-likeness (QED) is 0.737. The molecule has 2 heterocycles. The Hall–Kier alpha value is -0.995. The van der Waals surface area contributed by atoms with Gasteiger partial charge in [-0.2, -0.15) is 0 Å². The lowest BCUT2D eigenvalue weighted by molar-refractivity contribution is 0.00578. The minimum atomic E-state index is -0.293. The van der Waals surface area contributed by atoms with Crippen molar-refractivity contribution < 1.29 is 14.0 Å². The summed E-state index contributed by atoms with van der Waals surface area (Å²) in [6.45, 7) is 10.4. The average molecular weight is 274 g/mol. The molecule has 0 aliphatic carbocycles. The van der Waals surface area contributed by atoms with Crippen LogP contribution >= 0.6 is 0 Å². The first-order valence-electron chi connectivity index (χ1n) is 7.44. The molecule has 0 N–H and O–H groups in total. The highest BCUT2D eigenvalue weighted by molar-refractivity contribution is 6.62. The number of hydrogen-bond acceptors (Lipinski definition) is 3. The van der Waals surface area contributed by atoms with Crippen LogP contribution in [-0.4, -0.2) is 24.4 Å². The van der Waals surface area contributed by atoms with Gasteiger partial charge in [-0.25, -0.2) is 0 Å². The smallest absolute Gasteiger partial charge is 0.490 e. The van der Waals surface area contributed by atoms with Crippen molar-refractivity contribution in [3.63, 3.8) is 0 Å².